The molecule has 1 amide bonds. The van der Waals surface area contributed by atoms with E-state index in [0.29, 0.717) is 13.0 Å². The lowest BCUT2D eigenvalue weighted by Gasteiger charge is -2.04. The Hall–Kier alpha value is -1.90. The summed E-state index contributed by atoms with van der Waals surface area (Å²) in [5.74, 6) is 0.0753. The fourth-order valence-corrected chi connectivity index (χ4v) is 1.56. The molecule has 3 heteroatoms. The van der Waals surface area contributed by atoms with Gasteiger partial charge in [-0.2, -0.15) is 0 Å². The molecule has 2 aromatic rings. The van der Waals surface area contributed by atoms with E-state index in [-0.39, 0.29) is 5.91 Å². The Kier molecular flexibility index (Phi) is 3.15. The van der Waals surface area contributed by atoms with Gasteiger partial charge in [0.1, 0.15) is 0 Å². The van der Waals surface area contributed by atoms with Crippen molar-refractivity contribution in [3.8, 4) is 0 Å². The summed E-state index contributed by atoms with van der Waals surface area (Å²) in [4.78, 5) is 15.4. The summed E-state index contributed by atoms with van der Waals surface area (Å²) >= 11 is 0. The van der Waals surface area contributed by atoms with Crippen LogP contribution in [0.15, 0.2) is 36.5 Å². The Morgan fingerprint density at radius 1 is 1.38 bits per heavy atom. The standard InChI is InChI=1S/C13H14N2O/c1-2-13(16)15-9-10-5-6-12-11(8-10)4-3-7-14-12/h3-8H,2,9H2,1H3,(H,15,16). The maximum Gasteiger partial charge on any atom is 0.219 e. The number of hydrogen-bond acceptors (Lipinski definition) is 2. The van der Waals surface area contributed by atoms with Crippen molar-refractivity contribution in [1.82, 2.24) is 10.3 Å². The summed E-state index contributed by atoms with van der Waals surface area (Å²) < 4.78 is 0. The Morgan fingerprint density at radius 2 is 2.25 bits per heavy atom. The molecule has 16 heavy (non-hydrogen) atoms. The lowest BCUT2D eigenvalue weighted by Crippen LogP contribution is -2.21. The molecule has 1 aromatic heterocycles. The number of benzene rings is 1. The first kappa shape index (κ1) is 10.6. The molecule has 0 aliphatic rings. The van der Waals surface area contributed by atoms with Crippen LogP contribution in [-0.2, 0) is 11.3 Å². The van der Waals surface area contributed by atoms with Gasteiger partial charge in [-0.25, -0.2) is 0 Å². The molecule has 0 fully saturated rings. The van der Waals surface area contributed by atoms with Crippen LogP contribution in [0, 0.1) is 0 Å². The molecule has 3 nitrogen and oxygen atoms in total. The topological polar surface area (TPSA) is 42.0 Å². The summed E-state index contributed by atoms with van der Waals surface area (Å²) in [6.45, 7) is 2.43. The van der Waals surface area contributed by atoms with Crippen LogP contribution in [0.2, 0.25) is 0 Å². The molecule has 0 radical (unpaired) electrons. The number of pyridine rings is 1. The summed E-state index contributed by atoms with van der Waals surface area (Å²) in [7, 11) is 0. The highest BCUT2D eigenvalue weighted by Gasteiger charge is 1.99. The van der Waals surface area contributed by atoms with Crippen LogP contribution in [0.4, 0.5) is 0 Å². The van der Waals surface area contributed by atoms with E-state index in [1.54, 1.807) is 6.20 Å². The van der Waals surface area contributed by atoms with E-state index >= 15 is 0 Å². The number of carbonyl (C=O) groups is 1. The molecule has 0 unspecified atom stereocenters. The fraction of sp³-hybridized carbons (Fsp3) is 0.231. The van der Waals surface area contributed by atoms with Gasteiger partial charge in [0.15, 0.2) is 0 Å². The predicted molar refractivity (Wildman–Crippen MR) is 63.9 cm³/mol. The van der Waals surface area contributed by atoms with E-state index in [9.17, 15) is 4.79 Å². The molecule has 1 N–H and O–H groups in total. The van der Waals surface area contributed by atoms with Gasteiger partial charge in [0.05, 0.1) is 5.52 Å². The maximum atomic E-state index is 11.1. The Labute approximate surface area is 94.5 Å². The van der Waals surface area contributed by atoms with E-state index in [2.05, 4.69) is 16.4 Å². The molecule has 0 saturated heterocycles. The number of hydrogen-bond donors (Lipinski definition) is 1. The van der Waals surface area contributed by atoms with Crippen LogP contribution in [-0.4, -0.2) is 10.9 Å². The van der Waals surface area contributed by atoms with Gasteiger partial charge in [0, 0.05) is 24.5 Å². The Balaban J connectivity index is 2.16. The van der Waals surface area contributed by atoms with Crippen molar-refractivity contribution in [2.24, 2.45) is 0 Å². The monoisotopic (exact) mass is 214 g/mol. The normalized spacial score (nSPS) is 10.3. The summed E-state index contributed by atoms with van der Waals surface area (Å²) in [6.07, 6.45) is 2.30. The molecule has 2 rings (SSSR count). The number of nitrogens with one attached hydrogen (secondary N) is 1. The van der Waals surface area contributed by atoms with Crippen molar-refractivity contribution in [1.29, 1.82) is 0 Å². The highest BCUT2D eigenvalue weighted by molar-refractivity contribution is 5.79. The van der Waals surface area contributed by atoms with Gasteiger partial charge in [0.2, 0.25) is 5.91 Å². The van der Waals surface area contributed by atoms with Crippen LogP contribution in [0.3, 0.4) is 0 Å². The second kappa shape index (κ2) is 4.75. The first-order chi connectivity index (χ1) is 7.79. The largest absolute Gasteiger partial charge is 0.352 e. The summed E-state index contributed by atoms with van der Waals surface area (Å²) in [5.41, 5.74) is 2.08. The molecule has 0 spiro atoms. The van der Waals surface area contributed by atoms with Crippen molar-refractivity contribution in [2.45, 2.75) is 19.9 Å². The quantitative estimate of drug-likeness (QED) is 0.851. The molecular formula is C13H14N2O. The Morgan fingerprint density at radius 3 is 3.06 bits per heavy atom. The van der Waals surface area contributed by atoms with Gasteiger partial charge < -0.3 is 5.32 Å². The number of aromatic nitrogens is 1. The van der Waals surface area contributed by atoms with E-state index in [1.165, 1.54) is 0 Å². The van der Waals surface area contributed by atoms with Crippen molar-refractivity contribution in [3.05, 3.63) is 42.1 Å². The van der Waals surface area contributed by atoms with Crippen LogP contribution < -0.4 is 5.32 Å². The third-order valence-corrected chi connectivity index (χ3v) is 2.48. The summed E-state index contributed by atoms with van der Waals surface area (Å²) in [6, 6.07) is 9.95. The minimum atomic E-state index is 0.0753. The highest BCUT2D eigenvalue weighted by atomic mass is 16.1. The van der Waals surface area contributed by atoms with Gasteiger partial charge >= 0.3 is 0 Å². The SMILES string of the molecule is CCC(=O)NCc1ccc2ncccc2c1. The lowest BCUT2D eigenvalue weighted by molar-refractivity contribution is -0.120. The van der Waals surface area contributed by atoms with Crippen molar-refractivity contribution in [3.63, 3.8) is 0 Å². The Bertz CT molecular complexity index is 508. The lowest BCUT2D eigenvalue weighted by atomic mass is 10.1. The molecular weight excluding hydrogens is 200 g/mol. The molecule has 0 aliphatic heterocycles. The van der Waals surface area contributed by atoms with Gasteiger partial charge in [-0.05, 0) is 23.8 Å². The molecule has 0 aliphatic carbocycles. The van der Waals surface area contributed by atoms with E-state index < -0.39 is 0 Å². The van der Waals surface area contributed by atoms with Crippen LogP contribution >= 0.6 is 0 Å². The van der Waals surface area contributed by atoms with Crippen molar-refractivity contribution in [2.75, 3.05) is 0 Å². The van der Waals surface area contributed by atoms with Crippen molar-refractivity contribution >= 4 is 16.8 Å². The average molecular weight is 214 g/mol. The number of carbonyl (C=O) groups excluding carboxylic acids is 1. The third kappa shape index (κ3) is 2.37. The third-order valence-electron chi connectivity index (χ3n) is 2.48. The van der Waals surface area contributed by atoms with Crippen LogP contribution in [0.1, 0.15) is 18.9 Å². The van der Waals surface area contributed by atoms with Crippen LogP contribution in [0.25, 0.3) is 10.9 Å². The predicted octanol–water partition coefficient (Wildman–Crippen LogP) is 2.26. The first-order valence-electron chi connectivity index (χ1n) is 5.40. The molecule has 1 aromatic carbocycles. The van der Waals surface area contributed by atoms with E-state index in [4.69, 9.17) is 0 Å². The zero-order valence-electron chi connectivity index (χ0n) is 9.23. The minimum absolute atomic E-state index is 0.0753. The summed E-state index contributed by atoms with van der Waals surface area (Å²) in [5, 5.41) is 3.96. The van der Waals surface area contributed by atoms with Crippen LogP contribution in [0.5, 0.6) is 0 Å². The number of nitrogens with zero attached hydrogens (tertiary/aromatic N) is 1. The van der Waals surface area contributed by atoms with Gasteiger partial charge in [-0.1, -0.05) is 19.1 Å². The molecule has 1 heterocycles. The molecule has 0 atom stereocenters. The minimum Gasteiger partial charge on any atom is -0.352 e. The average Bonchev–Trinajstić information content (AvgIpc) is 2.35. The molecule has 82 valence electrons. The van der Waals surface area contributed by atoms with E-state index in [1.807, 2.05) is 31.2 Å². The number of rotatable bonds is 3. The van der Waals surface area contributed by atoms with Gasteiger partial charge in [-0.3, -0.25) is 9.78 Å². The van der Waals surface area contributed by atoms with E-state index in [0.717, 1.165) is 16.5 Å². The number of amides is 1. The smallest absolute Gasteiger partial charge is 0.219 e. The second-order valence-electron chi connectivity index (χ2n) is 3.66. The molecule has 0 saturated carbocycles. The second-order valence-corrected chi connectivity index (χ2v) is 3.66. The fourth-order valence-electron chi connectivity index (χ4n) is 1.56. The molecule has 0 bridgehead atoms. The number of fused-ring (bicyclic) bond motifs is 1. The zero-order valence-corrected chi connectivity index (χ0v) is 9.23. The highest BCUT2D eigenvalue weighted by Crippen LogP contribution is 2.12. The maximum absolute atomic E-state index is 11.1. The van der Waals surface area contributed by atoms with Crippen molar-refractivity contribution < 1.29 is 4.79 Å². The zero-order chi connectivity index (χ0) is 11.4. The van der Waals surface area contributed by atoms with Gasteiger partial charge in [0.25, 0.3) is 0 Å². The first-order valence-corrected chi connectivity index (χ1v) is 5.40. The van der Waals surface area contributed by atoms with Gasteiger partial charge in [-0.15, -0.1) is 0 Å².